The molecule has 0 aliphatic carbocycles. The van der Waals surface area contributed by atoms with Gasteiger partial charge in [-0.2, -0.15) is 0 Å². The summed E-state index contributed by atoms with van der Waals surface area (Å²) < 4.78 is 0. The Morgan fingerprint density at radius 2 is 1.76 bits per heavy atom. The van der Waals surface area contributed by atoms with Gasteiger partial charge in [0, 0.05) is 43.1 Å². The molecule has 0 radical (unpaired) electrons. The SMILES string of the molecule is Cc1cccc(NCCC(=O)Nc2ccc(N3CCCCC3)cc2)c1. The van der Waals surface area contributed by atoms with Crippen LogP contribution in [0.5, 0.6) is 0 Å². The second-order valence-electron chi connectivity index (χ2n) is 6.69. The molecule has 1 aliphatic heterocycles. The largest absolute Gasteiger partial charge is 0.385 e. The summed E-state index contributed by atoms with van der Waals surface area (Å²) in [4.78, 5) is 14.5. The zero-order valence-electron chi connectivity index (χ0n) is 14.9. The molecule has 2 N–H and O–H groups in total. The van der Waals surface area contributed by atoms with Crippen molar-refractivity contribution in [2.24, 2.45) is 0 Å². The van der Waals surface area contributed by atoms with Gasteiger partial charge >= 0.3 is 0 Å². The lowest BCUT2D eigenvalue weighted by Gasteiger charge is -2.28. The van der Waals surface area contributed by atoms with Gasteiger partial charge in [-0.3, -0.25) is 4.79 Å². The number of carbonyl (C=O) groups excluding carboxylic acids is 1. The Labute approximate surface area is 150 Å². The van der Waals surface area contributed by atoms with Crippen LogP contribution in [0.2, 0.25) is 0 Å². The third kappa shape index (κ3) is 5.24. The zero-order chi connectivity index (χ0) is 17.5. The average molecular weight is 337 g/mol. The summed E-state index contributed by atoms with van der Waals surface area (Å²) in [7, 11) is 0. The van der Waals surface area contributed by atoms with Crippen LogP contribution in [0.3, 0.4) is 0 Å². The number of hydrogen-bond donors (Lipinski definition) is 2. The number of amides is 1. The monoisotopic (exact) mass is 337 g/mol. The van der Waals surface area contributed by atoms with Crippen LogP contribution in [0.1, 0.15) is 31.2 Å². The molecule has 4 heteroatoms. The van der Waals surface area contributed by atoms with Crippen LogP contribution in [0.25, 0.3) is 0 Å². The van der Waals surface area contributed by atoms with E-state index in [0.29, 0.717) is 13.0 Å². The predicted octanol–water partition coefficient (Wildman–Crippen LogP) is 4.43. The first-order chi connectivity index (χ1) is 12.2. The molecular formula is C21H27N3O. The quantitative estimate of drug-likeness (QED) is 0.820. The maximum atomic E-state index is 12.1. The van der Waals surface area contributed by atoms with Gasteiger partial charge in [0.25, 0.3) is 0 Å². The van der Waals surface area contributed by atoms with Crippen LogP contribution >= 0.6 is 0 Å². The third-order valence-electron chi connectivity index (χ3n) is 4.57. The van der Waals surface area contributed by atoms with E-state index >= 15 is 0 Å². The molecule has 4 nitrogen and oxygen atoms in total. The molecule has 25 heavy (non-hydrogen) atoms. The summed E-state index contributed by atoms with van der Waals surface area (Å²) in [5.74, 6) is 0.0332. The molecule has 0 saturated carbocycles. The lowest BCUT2D eigenvalue weighted by Crippen LogP contribution is -2.29. The highest BCUT2D eigenvalue weighted by Crippen LogP contribution is 2.21. The first kappa shape index (κ1) is 17.3. The smallest absolute Gasteiger partial charge is 0.226 e. The molecule has 0 atom stereocenters. The minimum Gasteiger partial charge on any atom is -0.385 e. The van der Waals surface area contributed by atoms with Gasteiger partial charge in [-0.1, -0.05) is 12.1 Å². The second kappa shape index (κ2) is 8.56. The zero-order valence-corrected chi connectivity index (χ0v) is 14.9. The molecule has 1 amide bonds. The summed E-state index contributed by atoms with van der Waals surface area (Å²) in [6.45, 7) is 4.96. The fraction of sp³-hybridized carbons (Fsp3) is 0.381. The highest BCUT2D eigenvalue weighted by Gasteiger charge is 2.10. The average Bonchev–Trinajstić information content (AvgIpc) is 2.63. The number of carbonyl (C=O) groups is 1. The van der Waals surface area contributed by atoms with Crippen LogP contribution in [-0.2, 0) is 4.79 Å². The Morgan fingerprint density at radius 3 is 2.48 bits per heavy atom. The lowest BCUT2D eigenvalue weighted by atomic mass is 10.1. The number of benzene rings is 2. The second-order valence-corrected chi connectivity index (χ2v) is 6.69. The van der Waals surface area contributed by atoms with Crippen LogP contribution in [0.15, 0.2) is 48.5 Å². The minimum atomic E-state index is 0.0332. The molecule has 0 aromatic heterocycles. The minimum absolute atomic E-state index is 0.0332. The van der Waals surface area contributed by atoms with E-state index in [-0.39, 0.29) is 5.91 Å². The number of hydrogen-bond acceptors (Lipinski definition) is 3. The Hall–Kier alpha value is -2.49. The van der Waals surface area contributed by atoms with Crippen molar-refractivity contribution >= 4 is 23.0 Å². The topological polar surface area (TPSA) is 44.4 Å². The van der Waals surface area contributed by atoms with Crippen molar-refractivity contribution < 1.29 is 4.79 Å². The van der Waals surface area contributed by atoms with Crippen LogP contribution in [-0.4, -0.2) is 25.5 Å². The van der Waals surface area contributed by atoms with E-state index in [4.69, 9.17) is 0 Å². The van der Waals surface area contributed by atoms with E-state index < -0.39 is 0 Å². The Bertz CT molecular complexity index is 691. The third-order valence-corrected chi connectivity index (χ3v) is 4.57. The molecule has 1 heterocycles. The summed E-state index contributed by atoms with van der Waals surface area (Å²) >= 11 is 0. The van der Waals surface area contributed by atoms with Crippen molar-refractivity contribution in [1.29, 1.82) is 0 Å². The van der Waals surface area contributed by atoms with Crippen molar-refractivity contribution in [3.63, 3.8) is 0 Å². The van der Waals surface area contributed by atoms with Gasteiger partial charge in [0.15, 0.2) is 0 Å². The highest BCUT2D eigenvalue weighted by molar-refractivity contribution is 5.91. The normalized spacial score (nSPS) is 14.2. The van der Waals surface area contributed by atoms with Crippen LogP contribution in [0, 0.1) is 6.92 Å². The number of anilines is 3. The maximum absolute atomic E-state index is 12.1. The van der Waals surface area contributed by atoms with E-state index in [9.17, 15) is 4.79 Å². The van der Waals surface area contributed by atoms with E-state index in [1.807, 2.05) is 24.3 Å². The standard InChI is InChI=1S/C21H27N3O/c1-17-6-5-7-19(16-17)22-13-12-21(25)23-18-8-10-20(11-9-18)24-14-3-2-4-15-24/h5-11,16,22H,2-4,12-15H2,1H3,(H,23,25). The van der Waals surface area contributed by atoms with E-state index in [1.54, 1.807) is 0 Å². The maximum Gasteiger partial charge on any atom is 0.226 e. The predicted molar refractivity (Wildman–Crippen MR) is 105 cm³/mol. The van der Waals surface area contributed by atoms with Gasteiger partial charge in [-0.15, -0.1) is 0 Å². The van der Waals surface area contributed by atoms with Crippen molar-refractivity contribution in [3.8, 4) is 0 Å². The van der Waals surface area contributed by atoms with E-state index in [0.717, 1.165) is 24.5 Å². The molecule has 132 valence electrons. The number of nitrogens with one attached hydrogen (secondary N) is 2. The molecule has 2 aromatic rings. The van der Waals surface area contributed by atoms with Crippen molar-refractivity contribution in [2.45, 2.75) is 32.6 Å². The first-order valence-corrected chi connectivity index (χ1v) is 9.16. The number of rotatable bonds is 6. The van der Waals surface area contributed by atoms with Crippen molar-refractivity contribution in [3.05, 3.63) is 54.1 Å². The van der Waals surface area contributed by atoms with Crippen molar-refractivity contribution in [1.82, 2.24) is 0 Å². The van der Waals surface area contributed by atoms with Gasteiger partial charge < -0.3 is 15.5 Å². The highest BCUT2D eigenvalue weighted by atomic mass is 16.1. The fourth-order valence-corrected chi connectivity index (χ4v) is 3.21. The summed E-state index contributed by atoms with van der Waals surface area (Å²) in [6.07, 6.45) is 4.32. The van der Waals surface area contributed by atoms with Crippen molar-refractivity contribution in [2.75, 3.05) is 35.2 Å². The summed E-state index contributed by atoms with van der Waals surface area (Å²) in [5, 5.41) is 6.26. The Kier molecular flexibility index (Phi) is 5.94. The molecule has 2 aromatic carbocycles. The molecule has 0 spiro atoms. The molecule has 3 rings (SSSR count). The summed E-state index contributed by atoms with van der Waals surface area (Å²) in [5.41, 5.74) is 4.38. The van der Waals surface area contributed by atoms with Gasteiger partial charge in [-0.05, 0) is 68.1 Å². The number of piperidine rings is 1. The van der Waals surface area contributed by atoms with E-state index in [1.165, 1.54) is 30.5 Å². The van der Waals surface area contributed by atoms with Crippen LogP contribution in [0.4, 0.5) is 17.1 Å². The van der Waals surface area contributed by atoms with Crippen LogP contribution < -0.4 is 15.5 Å². The fourth-order valence-electron chi connectivity index (χ4n) is 3.21. The lowest BCUT2D eigenvalue weighted by molar-refractivity contribution is -0.115. The molecule has 1 saturated heterocycles. The summed E-state index contributed by atoms with van der Waals surface area (Å²) in [6, 6.07) is 16.4. The van der Waals surface area contributed by atoms with Gasteiger partial charge in [-0.25, -0.2) is 0 Å². The number of aryl methyl sites for hydroxylation is 1. The molecule has 0 bridgehead atoms. The Balaban J connectivity index is 1.44. The Morgan fingerprint density at radius 1 is 1.00 bits per heavy atom. The van der Waals surface area contributed by atoms with Gasteiger partial charge in [0.2, 0.25) is 5.91 Å². The number of nitrogens with zero attached hydrogens (tertiary/aromatic N) is 1. The van der Waals surface area contributed by atoms with E-state index in [2.05, 4.69) is 46.7 Å². The van der Waals surface area contributed by atoms with Gasteiger partial charge in [0.05, 0.1) is 0 Å². The first-order valence-electron chi connectivity index (χ1n) is 9.16. The molecule has 1 aliphatic rings. The molecular weight excluding hydrogens is 310 g/mol. The molecule has 1 fully saturated rings. The molecule has 0 unspecified atom stereocenters. The van der Waals surface area contributed by atoms with Gasteiger partial charge in [0.1, 0.15) is 0 Å².